The molecular weight excluding hydrogens is 156 g/mol. The summed E-state index contributed by atoms with van der Waals surface area (Å²) in [6, 6.07) is 0. The highest BCUT2D eigenvalue weighted by Crippen LogP contribution is 2.23. The molecule has 0 N–H and O–H groups in total. The van der Waals surface area contributed by atoms with E-state index in [1.165, 1.54) is 5.57 Å². The first-order chi connectivity index (χ1) is 6.25. The van der Waals surface area contributed by atoms with Crippen molar-refractivity contribution in [2.75, 3.05) is 0 Å². The van der Waals surface area contributed by atoms with Crippen molar-refractivity contribution >= 4 is 0 Å². The molecule has 0 bridgehead atoms. The minimum atomic E-state index is 0.510. The van der Waals surface area contributed by atoms with Crippen LogP contribution >= 0.6 is 0 Å². The van der Waals surface area contributed by atoms with E-state index in [9.17, 15) is 0 Å². The molecule has 68 valence electrons. The standard InChI is InChI=1S/C13H16/c1-4-8-13(11(2)3)12-9-6-5-7-10-12/h4,6,8-11,13H,1-3H3. The summed E-state index contributed by atoms with van der Waals surface area (Å²) in [5, 5.41) is 0. The highest BCUT2D eigenvalue weighted by atomic mass is 14.2. The van der Waals surface area contributed by atoms with Gasteiger partial charge in [0.2, 0.25) is 0 Å². The van der Waals surface area contributed by atoms with E-state index in [0.29, 0.717) is 11.8 Å². The molecule has 0 radical (unpaired) electrons. The normalized spacial score (nSPS) is 17.1. The Morgan fingerprint density at radius 3 is 2.54 bits per heavy atom. The zero-order valence-electron chi connectivity index (χ0n) is 8.54. The number of rotatable bonds is 3. The van der Waals surface area contributed by atoms with E-state index in [2.05, 4.69) is 50.5 Å². The molecule has 0 aromatic heterocycles. The zero-order valence-corrected chi connectivity index (χ0v) is 8.54. The summed E-state index contributed by atoms with van der Waals surface area (Å²) in [6.45, 7) is 6.54. The predicted octanol–water partition coefficient (Wildman–Crippen LogP) is 3.64. The lowest BCUT2D eigenvalue weighted by molar-refractivity contribution is 0.534. The third-order valence-corrected chi connectivity index (χ3v) is 2.18. The van der Waals surface area contributed by atoms with Gasteiger partial charge in [0, 0.05) is 5.92 Å². The largest absolute Gasteiger partial charge is 0.0910 e. The van der Waals surface area contributed by atoms with Gasteiger partial charge in [-0.1, -0.05) is 37.5 Å². The predicted molar refractivity (Wildman–Crippen MR) is 57.4 cm³/mol. The van der Waals surface area contributed by atoms with E-state index < -0.39 is 0 Å². The van der Waals surface area contributed by atoms with Gasteiger partial charge in [0.25, 0.3) is 0 Å². The van der Waals surface area contributed by atoms with Gasteiger partial charge in [-0.3, -0.25) is 0 Å². The second-order valence-electron chi connectivity index (χ2n) is 3.56. The monoisotopic (exact) mass is 172 g/mol. The fourth-order valence-corrected chi connectivity index (χ4v) is 1.49. The van der Waals surface area contributed by atoms with Crippen LogP contribution in [-0.4, -0.2) is 0 Å². The molecule has 0 amide bonds. The summed E-state index contributed by atoms with van der Waals surface area (Å²) in [4.78, 5) is 0. The Hall–Kier alpha value is -1.22. The second-order valence-corrected chi connectivity index (χ2v) is 3.56. The molecule has 0 heteroatoms. The van der Waals surface area contributed by atoms with Crippen LogP contribution in [0.5, 0.6) is 0 Å². The molecular formula is C13H16. The van der Waals surface area contributed by atoms with Gasteiger partial charge in [-0.15, -0.1) is 0 Å². The summed E-state index contributed by atoms with van der Waals surface area (Å²) in [5.74, 6) is 1.14. The maximum atomic E-state index is 3.00. The van der Waals surface area contributed by atoms with Crippen molar-refractivity contribution in [2.45, 2.75) is 20.8 Å². The van der Waals surface area contributed by atoms with E-state index in [0.717, 1.165) is 0 Å². The Kier molecular flexibility index (Phi) is 3.58. The van der Waals surface area contributed by atoms with Crippen LogP contribution in [0.2, 0.25) is 0 Å². The molecule has 0 aromatic rings. The Bertz CT molecular complexity index is 314. The minimum absolute atomic E-state index is 0.510. The Morgan fingerprint density at radius 2 is 2.08 bits per heavy atom. The molecule has 0 aliphatic heterocycles. The van der Waals surface area contributed by atoms with Gasteiger partial charge in [0.15, 0.2) is 0 Å². The molecule has 0 heterocycles. The zero-order chi connectivity index (χ0) is 9.68. The van der Waals surface area contributed by atoms with Crippen LogP contribution in [0.4, 0.5) is 0 Å². The van der Waals surface area contributed by atoms with Crippen molar-refractivity contribution in [3.05, 3.63) is 47.4 Å². The molecule has 0 saturated heterocycles. The van der Waals surface area contributed by atoms with Gasteiger partial charge in [-0.2, -0.15) is 0 Å². The summed E-state index contributed by atoms with van der Waals surface area (Å²) in [6.07, 6.45) is 10.4. The quantitative estimate of drug-likeness (QED) is 0.450. The van der Waals surface area contributed by atoms with Crippen molar-refractivity contribution in [3.63, 3.8) is 0 Å². The maximum Gasteiger partial charge on any atom is 0.00474 e. The van der Waals surface area contributed by atoms with E-state index in [4.69, 9.17) is 0 Å². The molecule has 0 aromatic carbocycles. The first-order valence-corrected chi connectivity index (χ1v) is 4.76. The van der Waals surface area contributed by atoms with Crippen LogP contribution in [0.25, 0.3) is 0 Å². The van der Waals surface area contributed by atoms with Crippen LogP contribution in [0.1, 0.15) is 20.8 Å². The SMILES string of the molecule is CC=CC(C1=CC=C=C=C1)C(C)C. The molecule has 1 aliphatic carbocycles. The third kappa shape index (κ3) is 2.63. The topological polar surface area (TPSA) is 0 Å². The van der Waals surface area contributed by atoms with Gasteiger partial charge in [0.1, 0.15) is 0 Å². The van der Waals surface area contributed by atoms with Crippen molar-refractivity contribution in [3.8, 4) is 0 Å². The highest BCUT2D eigenvalue weighted by Gasteiger charge is 2.12. The third-order valence-electron chi connectivity index (χ3n) is 2.18. The lowest BCUT2D eigenvalue weighted by Gasteiger charge is -2.17. The lowest BCUT2D eigenvalue weighted by atomic mass is 9.87. The molecule has 0 nitrogen and oxygen atoms in total. The minimum Gasteiger partial charge on any atom is -0.0910 e. The van der Waals surface area contributed by atoms with Gasteiger partial charge in [-0.05, 0) is 36.6 Å². The molecule has 1 atom stereocenters. The summed E-state index contributed by atoms with van der Waals surface area (Å²) < 4.78 is 0. The van der Waals surface area contributed by atoms with Crippen LogP contribution in [0.15, 0.2) is 47.4 Å². The van der Waals surface area contributed by atoms with Crippen molar-refractivity contribution in [1.82, 2.24) is 0 Å². The number of hydrogen-bond acceptors (Lipinski definition) is 0. The van der Waals surface area contributed by atoms with Crippen LogP contribution in [-0.2, 0) is 0 Å². The van der Waals surface area contributed by atoms with Gasteiger partial charge in [-0.25, -0.2) is 0 Å². The average Bonchev–Trinajstić information content (AvgIpc) is 2.15. The Balaban J connectivity index is 2.84. The molecule has 0 spiro atoms. The van der Waals surface area contributed by atoms with E-state index in [1.807, 2.05) is 12.2 Å². The van der Waals surface area contributed by atoms with Gasteiger partial charge < -0.3 is 0 Å². The maximum absolute atomic E-state index is 3.00. The Labute approximate surface area is 80.7 Å². The fraction of sp³-hybridized carbons (Fsp3) is 0.385. The smallest absolute Gasteiger partial charge is 0.00474 e. The van der Waals surface area contributed by atoms with Crippen LogP contribution in [0.3, 0.4) is 0 Å². The lowest BCUT2D eigenvalue weighted by Crippen LogP contribution is -2.07. The van der Waals surface area contributed by atoms with E-state index in [-0.39, 0.29) is 0 Å². The van der Waals surface area contributed by atoms with Crippen LogP contribution < -0.4 is 0 Å². The van der Waals surface area contributed by atoms with E-state index >= 15 is 0 Å². The van der Waals surface area contributed by atoms with Gasteiger partial charge >= 0.3 is 0 Å². The Morgan fingerprint density at radius 1 is 1.31 bits per heavy atom. The van der Waals surface area contributed by atoms with Crippen LogP contribution in [0, 0.1) is 11.8 Å². The van der Waals surface area contributed by atoms with Crippen molar-refractivity contribution in [2.24, 2.45) is 11.8 Å². The molecule has 1 aliphatic rings. The fourth-order valence-electron chi connectivity index (χ4n) is 1.49. The molecule has 1 unspecified atom stereocenters. The first kappa shape index (κ1) is 9.86. The second kappa shape index (κ2) is 4.72. The van der Waals surface area contributed by atoms with Gasteiger partial charge in [0.05, 0.1) is 0 Å². The number of allylic oxidation sites excluding steroid dienone is 6. The van der Waals surface area contributed by atoms with E-state index in [1.54, 1.807) is 0 Å². The summed E-state index contributed by atoms with van der Waals surface area (Å²) in [7, 11) is 0. The number of hydrogen-bond donors (Lipinski definition) is 0. The molecule has 1 rings (SSSR count). The highest BCUT2D eigenvalue weighted by molar-refractivity contribution is 5.32. The average molecular weight is 172 g/mol. The molecule has 0 saturated carbocycles. The van der Waals surface area contributed by atoms with Crippen molar-refractivity contribution in [1.29, 1.82) is 0 Å². The molecule has 13 heavy (non-hydrogen) atoms. The first-order valence-electron chi connectivity index (χ1n) is 4.76. The van der Waals surface area contributed by atoms with Crippen molar-refractivity contribution < 1.29 is 0 Å². The summed E-state index contributed by atoms with van der Waals surface area (Å²) in [5.41, 5.74) is 7.24. The summed E-state index contributed by atoms with van der Waals surface area (Å²) >= 11 is 0. The molecule has 0 fully saturated rings.